The van der Waals surface area contributed by atoms with Gasteiger partial charge in [0.15, 0.2) is 17.3 Å². The van der Waals surface area contributed by atoms with E-state index in [0.29, 0.717) is 17.3 Å². The van der Waals surface area contributed by atoms with Gasteiger partial charge in [0.1, 0.15) is 0 Å². The Hall–Kier alpha value is -2.35. The molecular weight excluding hydrogens is 234 g/mol. The van der Waals surface area contributed by atoms with Crippen LogP contribution >= 0.6 is 0 Å². The molecule has 2 heterocycles. The molecule has 0 aliphatic rings. The third kappa shape index (κ3) is 2.18. The molecule has 4 N–H and O–H groups in total. The van der Waals surface area contributed by atoms with E-state index in [2.05, 4.69) is 20.7 Å². The van der Waals surface area contributed by atoms with Crippen LogP contribution in [0, 0.1) is 0 Å². The van der Waals surface area contributed by atoms with E-state index in [-0.39, 0.29) is 12.5 Å². The van der Waals surface area contributed by atoms with Gasteiger partial charge in [-0.25, -0.2) is 15.8 Å². The van der Waals surface area contributed by atoms with Gasteiger partial charge in [0.25, 0.3) is 0 Å². The predicted octanol–water partition coefficient (Wildman–Crippen LogP) is -0.803. The number of imidazole rings is 1. The molecule has 2 aromatic rings. The molecule has 0 radical (unpaired) electrons. The van der Waals surface area contributed by atoms with Crippen LogP contribution < -0.4 is 21.5 Å². The first-order valence-corrected chi connectivity index (χ1v) is 5.37. The summed E-state index contributed by atoms with van der Waals surface area (Å²) in [7, 11) is 3.36. The van der Waals surface area contributed by atoms with E-state index in [1.54, 1.807) is 42.0 Å². The molecular formula is C10H15N7O. The number of aromatic nitrogens is 3. The highest BCUT2D eigenvalue weighted by atomic mass is 16.1. The largest absolute Gasteiger partial charge is 0.358 e. The van der Waals surface area contributed by atoms with Gasteiger partial charge >= 0.3 is 0 Å². The van der Waals surface area contributed by atoms with E-state index in [1.807, 2.05) is 0 Å². The molecule has 2 rings (SSSR count). The molecule has 0 spiro atoms. The molecule has 1 amide bonds. The number of hydrogen-bond acceptors (Lipinski definition) is 6. The number of hydrazine groups is 1. The Balaban J connectivity index is 2.41. The smallest absolute Gasteiger partial charge is 0.239 e. The lowest BCUT2D eigenvalue weighted by Crippen LogP contribution is -2.33. The Morgan fingerprint density at radius 3 is 3.06 bits per heavy atom. The van der Waals surface area contributed by atoms with Crippen LogP contribution in [-0.2, 0) is 4.79 Å². The maximum atomic E-state index is 11.4. The number of rotatable bonds is 4. The lowest BCUT2D eigenvalue weighted by Gasteiger charge is -2.18. The first-order valence-electron chi connectivity index (χ1n) is 5.37. The van der Waals surface area contributed by atoms with E-state index in [9.17, 15) is 4.79 Å². The maximum Gasteiger partial charge on any atom is 0.239 e. The van der Waals surface area contributed by atoms with E-state index < -0.39 is 0 Å². The fourth-order valence-corrected chi connectivity index (χ4v) is 1.61. The Kier molecular flexibility index (Phi) is 3.28. The summed E-state index contributed by atoms with van der Waals surface area (Å²) >= 11 is 0. The lowest BCUT2D eigenvalue weighted by molar-refractivity contribution is -0.119. The Morgan fingerprint density at radius 2 is 2.39 bits per heavy atom. The molecule has 96 valence electrons. The van der Waals surface area contributed by atoms with Gasteiger partial charge in [0.05, 0.1) is 12.7 Å². The molecule has 8 heteroatoms. The first kappa shape index (κ1) is 12.1. The summed E-state index contributed by atoms with van der Waals surface area (Å²) in [6, 6.07) is 0. The van der Waals surface area contributed by atoms with Gasteiger partial charge < -0.3 is 20.0 Å². The molecule has 0 saturated heterocycles. The van der Waals surface area contributed by atoms with Crippen LogP contribution in [0.15, 0.2) is 18.6 Å². The van der Waals surface area contributed by atoms with E-state index in [1.165, 1.54) is 0 Å². The number of carbonyl (C=O) groups is 1. The average Bonchev–Trinajstić information content (AvgIpc) is 2.85. The first-order chi connectivity index (χ1) is 8.65. The van der Waals surface area contributed by atoms with Gasteiger partial charge in [0.2, 0.25) is 5.91 Å². The second-order valence-electron chi connectivity index (χ2n) is 3.78. The number of fused-ring (bicyclic) bond motifs is 1. The van der Waals surface area contributed by atoms with Gasteiger partial charge in [-0.1, -0.05) is 0 Å². The number of hydrogen-bond donors (Lipinski definition) is 3. The standard InChI is InChI=1S/C10H15N7O/c1-12-8(18)6-16(2)10-9-13-3-4-17(9)5-7(14-10)15-11/h3-5,15H,6,11H2,1-2H3,(H,12,18). The second kappa shape index (κ2) is 4.88. The average molecular weight is 249 g/mol. The van der Waals surface area contributed by atoms with Crippen LogP contribution in [-0.4, -0.2) is 40.9 Å². The Labute approximate surface area is 104 Å². The highest BCUT2D eigenvalue weighted by molar-refractivity contribution is 5.82. The van der Waals surface area contributed by atoms with Crippen molar-refractivity contribution in [2.45, 2.75) is 0 Å². The number of nitrogens with zero attached hydrogens (tertiary/aromatic N) is 4. The number of nitrogens with one attached hydrogen (secondary N) is 2. The summed E-state index contributed by atoms with van der Waals surface area (Å²) in [5, 5.41) is 2.56. The summed E-state index contributed by atoms with van der Waals surface area (Å²) in [6.07, 6.45) is 5.17. The minimum Gasteiger partial charge on any atom is -0.358 e. The van der Waals surface area contributed by atoms with Crippen molar-refractivity contribution < 1.29 is 4.79 Å². The minimum absolute atomic E-state index is 0.102. The molecule has 0 aliphatic heterocycles. The molecule has 2 aromatic heterocycles. The van der Waals surface area contributed by atoms with Crippen LogP contribution in [0.2, 0.25) is 0 Å². The summed E-state index contributed by atoms with van der Waals surface area (Å²) in [6.45, 7) is 0.194. The molecule has 0 unspecified atom stereocenters. The van der Waals surface area contributed by atoms with Crippen molar-refractivity contribution >= 4 is 23.2 Å². The molecule has 0 bridgehead atoms. The zero-order valence-electron chi connectivity index (χ0n) is 10.2. The summed E-state index contributed by atoms with van der Waals surface area (Å²) in [5.41, 5.74) is 3.15. The van der Waals surface area contributed by atoms with Gasteiger partial charge in [-0.05, 0) is 0 Å². The van der Waals surface area contributed by atoms with Gasteiger partial charge in [0, 0.05) is 26.5 Å². The number of amides is 1. The number of nitrogens with two attached hydrogens (primary N) is 1. The van der Waals surface area contributed by atoms with Crippen LogP contribution in [0.1, 0.15) is 0 Å². The zero-order chi connectivity index (χ0) is 13.1. The van der Waals surface area contributed by atoms with Crippen molar-refractivity contribution in [2.24, 2.45) is 5.84 Å². The van der Waals surface area contributed by atoms with Crippen molar-refractivity contribution in [3.63, 3.8) is 0 Å². The van der Waals surface area contributed by atoms with Crippen molar-refractivity contribution in [1.82, 2.24) is 19.7 Å². The number of likely N-dealkylation sites (N-methyl/N-ethyl adjacent to an activating group) is 2. The summed E-state index contributed by atoms with van der Waals surface area (Å²) < 4.78 is 1.79. The minimum atomic E-state index is -0.102. The molecule has 0 atom stereocenters. The van der Waals surface area contributed by atoms with Crippen LogP contribution in [0.25, 0.3) is 5.65 Å². The van der Waals surface area contributed by atoms with Crippen LogP contribution in [0.4, 0.5) is 11.6 Å². The zero-order valence-corrected chi connectivity index (χ0v) is 10.2. The quantitative estimate of drug-likeness (QED) is 0.484. The third-order valence-corrected chi connectivity index (χ3v) is 2.53. The van der Waals surface area contributed by atoms with Gasteiger partial charge in [-0.2, -0.15) is 0 Å². The molecule has 8 nitrogen and oxygen atoms in total. The maximum absolute atomic E-state index is 11.4. The number of anilines is 2. The summed E-state index contributed by atoms with van der Waals surface area (Å²) in [4.78, 5) is 21.6. The van der Waals surface area contributed by atoms with Crippen LogP contribution in [0.5, 0.6) is 0 Å². The molecule has 0 fully saturated rings. The monoisotopic (exact) mass is 249 g/mol. The summed E-state index contributed by atoms with van der Waals surface area (Å²) in [5.74, 6) is 6.34. The van der Waals surface area contributed by atoms with Gasteiger partial charge in [-0.3, -0.25) is 4.79 Å². The number of nitrogen functional groups attached to an aromatic ring is 1. The topological polar surface area (TPSA) is 101 Å². The molecule has 0 aliphatic carbocycles. The predicted molar refractivity (Wildman–Crippen MR) is 68.1 cm³/mol. The SMILES string of the molecule is CNC(=O)CN(C)c1nc(NN)cn2ccnc12. The molecule has 18 heavy (non-hydrogen) atoms. The van der Waals surface area contributed by atoms with Gasteiger partial charge in [-0.15, -0.1) is 0 Å². The van der Waals surface area contributed by atoms with Crippen LogP contribution in [0.3, 0.4) is 0 Å². The van der Waals surface area contributed by atoms with E-state index in [0.717, 1.165) is 0 Å². The highest BCUT2D eigenvalue weighted by Gasteiger charge is 2.13. The lowest BCUT2D eigenvalue weighted by atomic mass is 10.4. The fraction of sp³-hybridized carbons (Fsp3) is 0.300. The fourth-order valence-electron chi connectivity index (χ4n) is 1.61. The third-order valence-electron chi connectivity index (χ3n) is 2.53. The van der Waals surface area contributed by atoms with E-state index in [4.69, 9.17) is 5.84 Å². The van der Waals surface area contributed by atoms with E-state index >= 15 is 0 Å². The Morgan fingerprint density at radius 1 is 1.61 bits per heavy atom. The normalized spacial score (nSPS) is 10.4. The molecule has 0 saturated carbocycles. The van der Waals surface area contributed by atoms with Crippen molar-refractivity contribution in [3.8, 4) is 0 Å². The Bertz CT molecular complexity index is 564. The highest BCUT2D eigenvalue weighted by Crippen LogP contribution is 2.18. The van der Waals surface area contributed by atoms with Crippen molar-refractivity contribution in [2.75, 3.05) is 31.0 Å². The van der Waals surface area contributed by atoms with Crippen molar-refractivity contribution in [3.05, 3.63) is 18.6 Å². The second-order valence-corrected chi connectivity index (χ2v) is 3.78. The van der Waals surface area contributed by atoms with Crippen molar-refractivity contribution in [1.29, 1.82) is 0 Å². The molecule has 0 aromatic carbocycles. The number of carbonyl (C=O) groups excluding carboxylic acids is 1.